The maximum atomic E-state index is 11.8. The minimum atomic E-state index is -0.309. The summed E-state index contributed by atoms with van der Waals surface area (Å²) in [5.74, 6) is 1.37. The summed E-state index contributed by atoms with van der Waals surface area (Å²) in [4.78, 5) is 13.3. The molecule has 0 saturated carbocycles. The normalized spacial score (nSPS) is 11.6. The van der Waals surface area contributed by atoms with Crippen LogP contribution in [0.25, 0.3) is 0 Å². The molecule has 1 amide bonds. The van der Waals surface area contributed by atoms with Gasteiger partial charge in [0.1, 0.15) is 17.5 Å². The highest BCUT2D eigenvalue weighted by atomic mass is 16.5. The van der Waals surface area contributed by atoms with E-state index in [0.717, 1.165) is 5.69 Å². The number of amides is 1. The van der Waals surface area contributed by atoms with Crippen molar-refractivity contribution in [3.63, 3.8) is 0 Å². The van der Waals surface area contributed by atoms with Gasteiger partial charge in [-0.05, 0) is 6.92 Å². The maximum Gasteiger partial charge on any atom is 0.244 e. The molecule has 0 aliphatic carbocycles. The summed E-state index contributed by atoms with van der Waals surface area (Å²) in [5.41, 5.74) is 0.786. The molecule has 0 heterocycles. The Morgan fingerprint density at radius 2 is 1.67 bits per heavy atom. The Hall–Kier alpha value is -1.91. The van der Waals surface area contributed by atoms with Crippen LogP contribution in [0.1, 0.15) is 6.92 Å². The van der Waals surface area contributed by atoms with E-state index < -0.39 is 0 Å². The second-order valence-corrected chi connectivity index (χ2v) is 4.20. The van der Waals surface area contributed by atoms with Crippen molar-refractivity contribution in [1.82, 2.24) is 4.90 Å². The van der Waals surface area contributed by atoms with E-state index in [1.165, 1.54) is 0 Å². The number of ether oxygens (including phenoxy) is 2. The molecule has 0 fully saturated rings. The zero-order valence-corrected chi connectivity index (χ0v) is 11.5. The van der Waals surface area contributed by atoms with Gasteiger partial charge in [0.25, 0.3) is 0 Å². The highest BCUT2D eigenvalue weighted by Crippen LogP contribution is 2.26. The summed E-state index contributed by atoms with van der Waals surface area (Å²) in [6, 6.07) is 5.12. The molecule has 0 aliphatic heterocycles. The first-order chi connectivity index (χ1) is 8.47. The van der Waals surface area contributed by atoms with Gasteiger partial charge in [0.15, 0.2) is 0 Å². The van der Waals surface area contributed by atoms with Gasteiger partial charge < -0.3 is 19.7 Å². The van der Waals surface area contributed by atoms with Crippen LogP contribution in [0.3, 0.4) is 0 Å². The van der Waals surface area contributed by atoms with E-state index >= 15 is 0 Å². The van der Waals surface area contributed by atoms with Gasteiger partial charge in [0.05, 0.1) is 14.2 Å². The van der Waals surface area contributed by atoms with E-state index in [4.69, 9.17) is 9.47 Å². The Balaban J connectivity index is 2.86. The van der Waals surface area contributed by atoms with E-state index in [1.807, 2.05) is 19.1 Å². The van der Waals surface area contributed by atoms with E-state index in [2.05, 4.69) is 5.32 Å². The lowest BCUT2D eigenvalue weighted by Crippen LogP contribution is -2.36. The van der Waals surface area contributed by atoms with Crippen LogP contribution in [0.5, 0.6) is 11.5 Å². The molecule has 100 valence electrons. The molecule has 1 aromatic carbocycles. The van der Waals surface area contributed by atoms with Crippen LogP contribution in [0, 0.1) is 0 Å². The fourth-order valence-corrected chi connectivity index (χ4v) is 1.59. The van der Waals surface area contributed by atoms with Crippen molar-refractivity contribution in [3.05, 3.63) is 18.2 Å². The van der Waals surface area contributed by atoms with E-state index in [9.17, 15) is 4.79 Å². The minimum Gasteiger partial charge on any atom is -0.497 e. The zero-order chi connectivity index (χ0) is 13.7. The summed E-state index contributed by atoms with van der Waals surface area (Å²) in [7, 11) is 6.64. The Morgan fingerprint density at radius 1 is 1.17 bits per heavy atom. The van der Waals surface area contributed by atoms with Crippen LogP contribution in [-0.2, 0) is 4.79 Å². The predicted molar refractivity (Wildman–Crippen MR) is 71.3 cm³/mol. The third-order valence-electron chi connectivity index (χ3n) is 2.55. The SMILES string of the molecule is COc1cc(NC(C)C(=O)N(C)C)cc(OC)c1. The molecule has 1 aromatic rings. The van der Waals surface area contributed by atoms with Crippen molar-refractivity contribution in [1.29, 1.82) is 0 Å². The molecule has 0 aromatic heterocycles. The number of hydrogen-bond acceptors (Lipinski definition) is 4. The molecular formula is C13H20N2O3. The van der Waals surface area contributed by atoms with Gasteiger partial charge in [-0.2, -0.15) is 0 Å². The van der Waals surface area contributed by atoms with Crippen LogP contribution in [0.15, 0.2) is 18.2 Å². The molecule has 5 nitrogen and oxygen atoms in total. The number of carbonyl (C=O) groups excluding carboxylic acids is 1. The highest BCUT2D eigenvalue weighted by molar-refractivity contribution is 5.84. The van der Waals surface area contributed by atoms with E-state index in [1.54, 1.807) is 39.3 Å². The molecule has 18 heavy (non-hydrogen) atoms. The van der Waals surface area contributed by atoms with Crippen molar-refractivity contribution in [2.24, 2.45) is 0 Å². The molecule has 1 atom stereocenters. The van der Waals surface area contributed by atoms with Crippen molar-refractivity contribution in [2.75, 3.05) is 33.6 Å². The second-order valence-electron chi connectivity index (χ2n) is 4.20. The Labute approximate surface area is 108 Å². The molecule has 0 aliphatic rings. The Morgan fingerprint density at radius 3 is 2.06 bits per heavy atom. The smallest absolute Gasteiger partial charge is 0.244 e. The molecule has 1 unspecified atom stereocenters. The van der Waals surface area contributed by atoms with Gasteiger partial charge >= 0.3 is 0 Å². The second kappa shape index (κ2) is 6.14. The molecule has 1 N–H and O–H groups in total. The molecule has 0 saturated heterocycles. The summed E-state index contributed by atoms with van der Waals surface area (Å²) in [6.07, 6.45) is 0. The number of hydrogen-bond donors (Lipinski definition) is 1. The number of anilines is 1. The number of likely N-dealkylation sites (N-methyl/N-ethyl adjacent to an activating group) is 1. The van der Waals surface area contributed by atoms with Crippen molar-refractivity contribution in [2.45, 2.75) is 13.0 Å². The van der Waals surface area contributed by atoms with Gasteiger partial charge in [-0.15, -0.1) is 0 Å². The fraction of sp³-hybridized carbons (Fsp3) is 0.462. The average Bonchev–Trinajstić information content (AvgIpc) is 2.36. The fourth-order valence-electron chi connectivity index (χ4n) is 1.59. The van der Waals surface area contributed by atoms with Gasteiger partial charge in [0.2, 0.25) is 5.91 Å². The number of nitrogens with zero attached hydrogens (tertiary/aromatic N) is 1. The van der Waals surface area contributed by atoms with E-state index in [0.29, 0.717) is 11.5 Å². The van der Waals surface area contributed by atoms with Crippen LogP contribution in [0.2, 0.25) is 0 Å². The third-order valence-corrected chi connectivity index (χ3v) is 2.55. The highest BCUT2D eigenvalue weighted by Gasteiger charge is 2.15. The quantitative estimate of drug-likeness (QED) is 0.864. The zero-order valence-electron chi connectivity index (χ0n) is 11.5. The van der Waals surface area contributed by atoms with Crippen LogP contribution in [0.4, 0.5) is 5.69 Å². The van der Waals surface area contributed by atoms with Crippen molar-refractivity contribution < 1.29 is 14.3 Å². The summed E-state index contributed by atoms with van der Waals surface area (Å²) in [6.45, 7) is 1.81. The maximum absolute atomic E-state index is 11.8. The number of rotatable bonds is 5. The first-order valence-corrected chi connectivity index (χ1v) is 5.68. The van der Waals surface area contributed by atoms with Gasteiger partial charge in [0, 0.05) is 38.0 Å². The third kappa shape index (κ3) is 3.55. The number of benzene rings is 1. The molecular weight excluding hydrogens is 232 g/mol. The molecule has 5 heteroatoms. The predicted octanol–water partition coefficient (Wildman–Crippen LogP) is 1.59. The largest absolute Gasteiger partial charge is 0.497 e. The summed E-state index contributed by atoms with van der Waals surface area (Å²) in [5, 5.41) is 3.12. The first-order valence-electron chi connectivity index (χ1n) is 5.68. The topological polar surface area (TPSA) is 50.8 Å². The van der Waals surface area contributed by atoms with Crippen LogP contribution < -0.4 is 14.8 Å². The molecule has 0 radical (unpaired) electrons. The number of nitrogens with one attached hydrogen (secondary N) is 1. The van der Waals surface area contributed by atoms with Crippen LogP contribution >= 0.6 is 0 Å². The van der Waals surface area contributed by atoms with E-state index in [-0.39, 0.29) is 11.9 Å². The van der Waals surface area contributed by atoms with Gasteiger partial charge in [-0.1, -0.05) is 0 Å². The van der Waals surface area contributed by atoms with Gasteiger partial charge in [-0.3, -0.25) is 4.79 Å². The Kier molecular flexibility index (Phi) is 4.83. The first kappa shape index (κ1) is 14.2. The van der Waals surface area contributed by atoms with Crippen molar-refractivity contribution >= 4 is 11.6 Å². The standard InChI is InChI=1S/C13H20N2O3/c1-9(13(16)15(2)3)14-10-6-11(17-4)8-12(7-10)18-5/h6-9,14H,1-5H3. The van der Waals surface area contributed by atoms with Crippen molar-refractivity contribution in [3.8, 4) is 11.5 Å². The lowest BCUT2D eigenvalue weighted by atomic mass is 10.2. The summed E-state index contributed by atoms with van der Waals surface area (Å²) >= 11 is 0. The molecule has 1 rings (SSSR count). The Bertz CT molecular complexity index is 396. The number of carbonyl (C=O) groups is 1. The minimum absolute atomic E-state index is 0.0109. The molecule has 0 bridgehead atoms. The number of methoxy groups -OCH3 is 2. The lowest BCUT2D eigenvalue weighted by molar-refractivity contribution is -0.129. The molecule has 0 spiro atoms. The average molecular weight is 252 g/mol. The van der Waals surface area contributed by atoms with Gasteiger partial charge in [-0.25, -0.2) is 0 Å². The lowest BCUT2D eigenvalue weighted by Gasteiger charge is -2.19. The summed E-state index contributed by atoms with van der Waals surface area (Å²) < 4.78 is 10.3. The van der Waals surface area contributed by atoms with Crippen LogP contribution in [-0.4, -0.2) is 45.2 Å². The monoisotopic (exact) mass is 252 g/mol.